The maximum atomic E-state index is 12.4. The highest BCUT2D eigenvalue weighted by atomic mass is 16.5. The number of nitrogens with one attached hydrogen (secondary N) is 1. The molecule has 1 saturated carbocycles. The number of phenols is 1. The summed E-state index contributed by atoms with van der Waals surface area (Å²) >= 11 is 0. The van der Waals surface area contributed by atoms with Gasteiger partial charge in [-0.05, 0) is 60.1 Å². The molecule has 8 nitrogen and oxygen atoms in total. The molecule has 2 heterocycles. The van der Waals surface area contributed by atoms with Gasteiger partial charge in [-0.2, -0.15) is 0 Å². The Morgan fingerprint density at radius 2 is 1.93 bits per heavy atom. The predicted molar refractivity (Wildman–Crippen MR) is 170 cm³/mol. The SMILES string of the molecule is CCCCC[C@@H](O)CC(=O)CCc1ccc(O)c(OCn2cc3[nH]cc(C4(c5cccc(C(N)N)c5)CCCC4)c3c2)c1. The first-order chi connectivity index (χ1) is 20.8. The minimum Gasteiger partial charge on any atom is -0.504 e. The zero-order chi connectivity index (χ0) is 30.4. The molecule has 7 N–H and O–H groups in total. The number of phenolic OH excluding ortho intramolecular Hbond substituents is 1. The number of nitrogens with two attached hydrogens (primary N) is 2. The minimum atomic E-state index is -0.566. The molecule has 0 aliphatic heterocycles. The molecule has 1 atom stereocenters. The van der Waals surface area contributed by atoms with E-state index in [1.54, 1.807) is 12.1 Å². The second kappa shape index (κ2) is 13.8. The number of ether oxygens (including phenoxy) is 1. The van der Waals surface area contributed by atoms with Gasteiger partial charge in [-0.3, -0.25) is 4.79 Å². The summed E-state index contributed by atoms with van der Waals surface area (Å²) in [6.45, 7) is 2.35. The summed E-state index contributed by atoms with van der Waals surface area (Å²) in [5.74, 6) is 0.488. The molecule has 43 heavy (non-hydrogen) atoms. The van der Waals surface area contributed by atoms with Crippen molar-refractivity contribution in [1.29, 1.82) is 0 Å². The lowest BCUT2D eigenvalue weighted by Gasteiger charge is -2.30. The molecular formula is C35H46N4O4. The third kappa shape index (κ3) is 7.15. The summed E-state index contributed by atoms with van der Waals surface area (Å²) in [6.07, 6.45) is 14.5. The molecule has 1 aliphatic rings. The Labute approximate surface area is 254 Å². The Balaban J connectivity index is 1.26. The van der Waals surface area contributed by atoms with Gasteiger partial charge in [0.15, 0.2) is 18.2 Å². The molecule has 0 saturated heterocycles. The summed E-state index contributed by atoms with van der Waals surface area (Å²) in [4.78, 5) is 15.9. The summed E-state index contributed by atoms with van der Waals surface area (Å²) in [5, 5.41) is 21.7. The van der Waals surface area contributed by atoms with Crippen molar-refractivity contribution in [1.82, 2.24) is 9.55 Å². The van der Waals surface area contributed by atoms with Crippen LogP contribution in [0.25, 0.3) is 10.9 Å². The van der Waals surface area contributed by atoms with Crippen LogP contribution in [-0.4, -0.2) is 31.7 Å². The van der Waals surface area contributed by atoms with E-state index < -0.39 is 12.3 Å². The second-order valence-corrected chi connectivity index (χ2v) is 12.2. The Morgan fingerprint density at radius 3 is 2.70 bits per heavy atom. The Morgan fingerprint density at radius 1 is 1.12 bits per heavy atom. The fraction of sp³-hybridized carbons (Fsp3) is 0.457. The van der Waals surface area contributed by atoms with Crippen LogP contribution < -0.4 is 16.2 Å². The topological polar surface area (TPSA) is 140 Å². The number of H-pyrrole nitrogens is 1. The first kappa shape index (κ1) is 30.9. The number of nitrogens with zero attached hydrogens (tertiary/aromatic N) is 1. The zero-order valence-corrected chi connectivity index (χ0v) is 25.2. The largest absolute Gasteiger partial charge is 0.504 e. The van der Waals surface area contributed by atoms with Gasteiger partial charge < -0.3 is 36.0 Å². The van der Waals surface area contributed by atoms with Gasteiger partial charge >= 0.3 is 0 Å². The highest BCUT2D eigenvalue weighted by Crippen LogP contribution is 2.49. The number of aliphatic hydroxyl groups excluding tert-OH is 1. The van der Waals surface area contributed by atoms with Crippen molar-refractivity contribution in [2.24, 2.45) is 11.5 Å². The van der Waals surface area contributed by atoms with Gasteiger partial charge in [-0.1, -0.05) is 69.4 Å². The Kier molecular flexibility index (Phi) is 9.90. The minimum absolute atomic E-state index is 0.0513. The van der Waals surface area contributed by atoms with Crippen LogP contribution in [0.2, 0.25) is 0 Å². The average Bonchev–Trinajstić information content (AvgIpc) is 3.73. The fourth-order valence-corrected chi connectivity index (χ4v) is 6.63. The van der Waals surface area contributed by atoms with E-state index in [0.29, 0.717) is 25.0 Å². The molecule has 0 bridgehead atoms. The number of aryl methyl sites for hydroxylation is 1. The number of fused-ring (bicyclic) bond motifs is 1. The molecular weight excluding hydrogens is 540 g/mol. The normalized spacial score (nSPS) is 15.4. The van der Waals surface area contributed by atoms with Crippen LogP contribution >= 0.6 is 0 Å². The van der Waals surface area contributed by atoms with Crippen LogP contribution in [0.5, 0.6) is 11.5 Å². The number of aliphatic hydroxyl groups is 1. The lowest BCUT2D eigenvalue weighted by molar-refractivity contribution is -0.121. The van der Waals surface area contributed by atoms with Crippen molar-refractivity contribution in [2.45, 2.75) is 102 Å². The molecule has 1 fully saturated rings. The number of carbonyl (C=O) groups excluding carboxylic acids is 1. The number of aromatic amines is 1. The molecule has 2 aromatic carbocycles. The predicted octanol–water partition coefficient (Wildman–Crippen LogP) is 6.32. The number of aromatic nitrogens is 2. The van der Waals surface area contributed by atoms with E-state index in [-0.39, 0.29) is 30.1 Å². The fourth-order valence-electron chi connectivity index (χ4n) is 6.63. The number of rotatable bonds is 15. The summed E-state index contributed by atoms with van der Waals surface area (Å²) in [5.41, 5.74) is 17.3. The molecule has 230 valence electrons. The molecule has 0 unspecified atom stereocenters. The molecule has 5 rings (SSSR count). The number of aromatic hydroxyl groups is 1. The number of hydrogen-bond donors (Lipinski definition) is 5. The summed E-state index contributed by atoms with van der Waals surface area (Å²) in [6, 6.07) is 13.6. The van der Waals surface area contributed by atoms with Gasteiger partial charge in [-0.25, -0.2) is 0 Å². The van der Waals surface area contributed by atoms with Crippen molar-refractivity contribution in [3.8, 4) is 11.5 Å². The number of Topliss-reactive ketones (excluding diaryl/α,β-unsaturated/α-hetero) is 1. The molecule has 8 heteroatoms. The maximum absolute atomic E-state index is 12.4. The quantitative estimate of drug-likeness (QED) is 0.0816. The van der Waals surface area contributed by atoms with Crippen LogP contribution in [0.3, 0.4) is 0 Å². The van der Waals surface area contributed by atoms with E-state index in [1.807, 2.05) is 22.9 Å². The third-order valence-corrected chi connectivity index (χ3v) is 9.03. The van der Waals surface area contributed by atoms with E-state index in [1.165, 1.54) is 11.1 Å². The Hall–Kier alpha value is -3.59. The number of ketones is 1. The van der Waals surface area contributed by atoms with Crippen molar-refractivity contribution in [2.75, 3.05) is 0 Å². The van der Waals surface area contributed by atoms with E-state index in [4.69, 9.17) is 16.2 Å². The monoisotopic (exact) mass is 586 g/mol. The van der Waals surface area contributed by atoms with Gasteiger partial charge in [0.05, 0.1) is 17.8 Å². The summed E-state index contributed by atoms with van der Waals surface area (Å²) < 4.78 is 8.03. The van der Waals surface area contributed by atoms with Crippen LogP contribution in [0, 0.1) is 0 Å². The first-order valence-corrected chi connectivity index (χ1v) is 15.7. The molecule has 1 aliphatic carbocycles. The van der Waals surface area contributed by atoms with Gasteiger partial charge in [0.1, 0.15) is 5.78 Å². The molecule has 0 radical (unpaired) electrons. The van der Waals surface area contributed by atoms with E-state index in [9.17, 15) is 15.0 Å². The first-order valence-electron chi connectivity index (χ1n) is 15.7. The van der Waals surface area contributed by atoms with Gasteiger partial charge in [-0.15, -0.1) is 0 Å². The average molecular weight is 587 g/mol. The highest BCUT2D eigenvalue weighted by molar-refractivity contribution is 5.85. The van der Waals surface area contributed by atoms with Crippen molar-refractivity contribution in [3.63, 3.8) is 0 Å². The molecule has 0 spiro atoms. The lowest BCUT2D eigenvalue weighted by Crippen LogP contribution is -2.25. The third-order valence-electron chi connectivity index (χ3n) is 9.03. The Bertz CT molecular complexity index is 1520. The number of carbonyl (C=O) groups is 1. The smallest absolute Gasteiger partial charge is 0.165 e. The summed E-state index contributed by atoms with van der Waals surface area (Å²) in [7, 11) is 0. The highest BCUT2D eigenvalue weighted by Gasteiger charge is 2.39. The van der Waals surface area contributed by atoms with E-state index in [0.717, 1.165) is 67.0 Å². The lowest BCUT2D eigenvalue weighted by atomic mass is 9.73. The second-order valence-electron chi connectivity index (χ2n) is 12.2. The van der Waals surface area contributed by atoms with Crippen LogP contribution in [0.4, 0.5) is 0 Å². The standard InChI is InChI=1S/C35H46N4O4/c1-2-3-4-10-27(40)19-28(41)13-11-24-12-14-32(42)33(17-24)43-23-39-21-29-30(20-38-31(29)22-39)35(15-5-6-16-35)26-9-7-8-25(18-26)34(36)37/h7-9,12,14,17-18,20-22,27,34,38,40,42H,2-6,10-11,13,15-16,19,23,36-37H2,1H3/t27-/m1/s1. The molecule has 4 aromatic rings. The zero-order valence-electron chi connectivity index (χ0n) is 25.2. The number of unbranched alkanes of at least 4 members (excludes halogenated alkanes) is 2. The van der Waals surface area contributed by atoms with Gasteiger partial charge in [0, 0.05) is 42.2 Å². The van der Waals surface area contributed by atoms with Crippen LogP contribution in [0.1, 0.15) is 99.6 Å². The number of hydrogen-bond acceptors (Lipinski definition) is 6. The van der Waals surface area contributed by atoms with Gasteiger partial charge in [0.25, 0.3) is 0 Å². The van der Waals surface area contributed by atoms with Crippen LogP contribution in [0.15, 0.2) is 61.1 Å². The van der Waals surface area contributed by atoms with Crippen molar-refractivity contribution in [3.05, 3.63) is 83.3 Å². The number of benzene rings is 2. The maximum Gasteiger partial charge on any atom is 0.165 e. The van der Waals surface area contributed by atoms with Crippen molar-refractivity contribution < 1.29 is 19.7 Å². The van der Waals surface area contributed by atoms with Gasteiger partial charge in [0.2, 0.25) is 0 Å². The molecule has 0 amide bonds. The van der Waals surface area contributed by atoms with E-state index in [2.05, 4.69) is 42.5 Å². The van der Waals surface area contributed by atoms with E-state index >= 15 is 0 Å². The van der Waals surface area contributed by atoms with Crippen molar-refractivity contribution >= 4 is 16.7 Å². The molecule has 2 aromatic heterocycles. The van der Waals surface area contributed by atoms with Crippen LogP contribution in [-0.2, 0) is 23.4 Å².